The molecule has 3 nitrogen and oxygen atoms in total. The minimum atomic E-state index is -0.868. The molecule has 0 aliphatic carbocycles. The average Bonchev–Trinajstić information content (AvgIpc) is 2.86. The number of hydrogen-bond donors (Lipinski definition) is 1. The second-order valence-corrected chi connectivity index (χ2v) is 5.78. The first-order chi connectivity index (χ1) is 11.0. The average molecular weight is 315 g/mol. The maximum Gasteiger partial charge on any atom is 0.159 e. The first-order valence-electron chi connectivity index (χ1n) is 7.64. The van der Waals surface area contributed by atoms with Gasteiger partial charge in [0.05, 0.1) is 11.0 Å². The van der Waals surface area contributed by atoms with Crippen LogP contribution < -0.4 is 5.73 Å². The van der Waals surface area contributed by atoms with Gasteiger partial charge in [-0.25, -0.2) is 13.8 Å². The Morgan fingerprint density at radius 1 is 1.04 bits per heavy atom. The highest BCUT2D eigenvalue weighted by molar-refractivity contribution is 5.82. The van der Waals surface area contributed by atoms with Crippen molar-refractivity contribution in [2.45, 2.75) is 26.8 Å². The van der Waals surface area contributed by atoms with Crippen LogP contribution in [0, 0.1) is 25.5 Å². The highest BCUT2D eigenvalue weighted by Crippen LogP contribution is 2.28. The summed E-state index contributed by atoms with van der Waals surface area (Å²) in [6, 6.07) is 7.98. The number of benzene rings is 2. The minimum absolute atomic E-state index is 0.557. The molecule has 0 unspecified atom stereocenters. The number of nitrogens with two attached hydrogens (primary N) is 1. The molecule has 0 atom stereocenters. The second-order valence-electron chi connectivity index (χ2n) is 5.78. The van der Waals surface area contributed by atoms with Crippen molar-refractivity contribution in [3.63, 3.8) is 0 Å². The fourth-order valence-corrected chi connectivity index (χ4v) is 2.71. The van der Waals surface area contributed by atoms with Crippen LogP contribution in [0.5, 0.6) is 0 Å². The van der Waals surface area contributed by atoms with E-state index in [1.165, 1.54) is 11.6 Å². The van der Waals surface area contributed by atoms with Gasteiger partial charge in [0.2, 0.25) is 0 Å². The topological polar surface area (TPSA) is 43.8 Å². The Bertz CT molecular complexity index is 868. The Morgan fingerprint density at radius 2 is 1.78 bits per heavy atom. The lowest BCUT2D eigenvalue weighted by molar-refractivity contribution is 0.509. The molecule has 2 aromatic carbocycles. The summed E-state index contributed by atoms with van der Waals surface area (Å²) in [5, 5.41) is 0. The van der Waals surface area contributed by atoms with Crippen LogP contribution in [0.15, 0.2) is 30.3 Å². The fourth-order valence-electron chi connectivity index (χ4n) is 2.71. The van der Waals surface area contributed by atoms with Crippen LogP contribution in [0.4, 0.5) is 8.78 Å². The lowest BCUT2D eigenvalue weighted by atomic mass is 10.1. The summed E-state index contributed by atoms with van der Waals surface area (Å²) in [5.74, 6) is -1.09. The van der Waals surface area contributed by atoms with Gasteiger partial charge in [-0.2, -0.15) is 0 Å². The lowest BCUT2D eigenvalue weighted by Gasteiger charge is -2.09. The van der Waals surface area contributed by atoms with Crippen LogP contribution >= 0.6 is 0 Å². The predicted octanol–water partition coefficient (Wildman–Crippen LogP) is 3.95. The number of rotatable bonds is 4. The summed E-state index contributed by atoms with van der Waals surface area (Å²) in [4.78, 5) is 4.64. The van der Waals surface area contributed by atoms with E-state index in [1.54, 1.807) is 6.07 Å². The molecule has 1 heterocycles. The molecule has 0 spiro atoms. The summed E-state index contributed by atoms with van der Waals surface area (Å²) in [7, 11) is 0. The normalized spacial score (nSPS) is 11.3. The zero-order valence-corrected chi connectivity index (χ0v) is 13.2. The van der Waals surface area contributed by atoms with Crippen LogP contribution in [-0.2, 0) is 6.54 Å². The quantitative estimate of drug-likeness (QED) is 0.792. The number of imidazole rings is 1. The largest absolute Gasteiger partial charge is 0.330 e. The molecule has 2 N–H and O–H groups in total. The number of nitrogens with zero attached hydrogens (tertiary/aromatic N) is 2. The van der Waals surface area contributed by atoms with Crippen molar-refractivity contribution in [2.75, 3.05) is 6.54 Å². The van der Waals surface area contributed by atoms with E-state index in [4.69, 9.17) is 5.73 Å². The van der Waals surface area contributed by atoms with Crippen LogP contribution in [0.25, 0.3) is 22.4 Å². The molecule has 23 heavy (non-hydrogen) atoms. The van der Waals surface area contributed by atoms with Crippen molar-refractivity contribution < 1.29 is 8.78 Å². The molecular weight excluding hydrogens is 296 g/mol. The van der Waals surface area contributed by atoms with Crippen molar-refractivity contribution in [2.24, 2.45) is 5.73 Å². The summed E-state index contributed by atoms with van der Waals surface area (Å²) in [5.41, 5.74) is 10.4. The monoisotopic (exact) mass is 315 g/mol. The summed E-state index contributed by atoms with van der Waals surface area (Å²) in [6.07, 6.45) is 0.787. The molecule has 120 valence electrons. The number of fused-ring (bicyclic) bond motifs is 1. The Kier molecular flexibility index (Phi) is 4.13. The van der Waals surface area contributed by atoms with Gasteiger partial charge in [0.15, 0.2) is 11.6 Å². The maximum absolute atomic E-state index is 13.6. The van der Waals surface area contributed by atoms with Crippen LogP contribution in [0.1, 0.15) is 17.5 Å². The molecule has 0 aliphatic heterocycles. The van der Waals surface area contributed by atoms with Crippen molar-refractivity contribution in [3.8, 4) is 11.4 Å². The molecule has 0 aliphatic rings. The lowest BCUT2D eigenvalue weighted by Crippen LogP contribution is -2.07. The van der Waals surface area contributed by atoms with Gasteiger partial charge in [-0.15, -0.1) is 0 Å². The van der Waals surface area contributed by atoms with Crippen LogP contribution in [-0.4, -0.2) is 16.1 Å². The third kappa shape index (κ3) is 2.84. The van der Waals surface area contributed by atoms with Gasteiger partial charge >= 0.3 is 0 Å². The van der Waals surface area contributed by atoms with E-state index < -0.39 is 11.6 Å². The number of hydrogen-bond acceptors (Lipinski definition) is 2. The van der Waals surface area contributed by atoms with Crippen molar-refractivity contribution in [1.29, 1.82) is 0 Å². The van der Waals surface area contributed by atoms with Crippen LogP contribution in [0.2, 0.25) is 0 Å². The zero-order valence-electron chi connectivity index (χ0n) is 13.2. The van der Waals surface area contributed by atoms with Crippen molar-refractivity contribution in [3.05, 3.63) is 53.1 Å². The third-order valence-electron chi connectivity index (χ3n) is 4.13. The molecule has 5 heteroatoms. The molecule has 0 bridgehead atoms. The van der Waals surface area contributed by atoms with E-state index in [9.17, 15) is 8.78 Å². The summed E-state index contributed by atoms with van der Waals surface area (Å²) >= 11 is 0. The third-order valence-corrected chi connectivity index (χ3v) is 4.13. The standard InChI is InChI=1S/C18H19F2N3/c1-11-8-16-17(9-12(11)2)23(7-3-6-21)18(22-16)13-4-5-14(19)15(20)10-13/h4-5,8-10H,3,6-7,21H2,1-2H3. The van der Waals surface area contributed by atoms with Gasteiger partial charge < -0.3 is 10.3 Å². The molecule has 0 fully saturated rings. The summed E-state index contributed by atoms with van der Waals surface area (Å²) in [6.45, 7) is 5.32. The predicted molar refractivity (Wildman–Crippen MR) is 88.2 cm³/mol. The maximum atomic E-state index is 13.6. The van der Waals surface area contributed by atoms with Gasteiger partial charge in [-0.1, -0.05) is 0 Å². The molecule has 0 saturated carbocycles. The van der Waals surface area contributed by atoms with E-state index in [1.807, 2.05) is 24.5 Å². The SMILES string of the molecule is Cc1cc2nc(-c3ccc(F)c(F)c3)n(CCCN)c2cc1C. The molecule has 3 rings (SSSR count). The highest BCUT2D eigenvalue weighted by Gasteiger charge is 2.15. The van der Waals surface area contributed by atoms with E-state index in [0.717, 1.165) is 29.1 Å². The molecule has 0 amide bonds. The Hall–Kier alpha value is -2.27. The highest BCUT2D eigenvalue weighted by atomic mass is 19.2. The smallest absolute Gasteiger partial charge is 0.159 e. The Labute approximate surface area is 133 Å². The molecule has 1 aromatic heterocycles. The van der Waals surface area contributed by atoms with E-state index >= 15 is 0 Å². The number of halogens is 2. The van der Waals surface area contributed by atoms with Crippen molar-refractivity contribution in [1.82, 2.24) is 9.55 Å². The Balaban J connectivity index is 2.23. The van der Waals surface area contributed by atoms with E-state index in [-0.39, 0.29) is 0 Å². The summed E-state index contributed by atoms with van der Waals surface area (Å²) < 4.78 is 28.8. The van der Waals surface area contributed by atoms with Crippen molar-refractivity contribution >= 4 is 11.0 Å². The molecule has 0 radical (unpaired) electrons. The van der Waals surface area contributed by atoms with Gasteiger partial charge in [-0.3, -0.25) is 0 Å². The fraction of sp³-hybridized carbons (Fsp3) is 0.278. The van der Waals surface area contributed by atoms with Crippen LogP contribution in [0.3, 0.4) is 0 Å². The second kappa shape index (κ2) is 6.08. The van der Waals surface area contributed by atoms with Gasteiger partial charge in [0.1, 0.15) is 5.82 Å². The first kappa shape index (κ1) is 15.6. The number of aryl methyl sites for hydroxylation is 3. The first-order valence-corrected chi connectivity index (χ1v) is 7.64. The van der Waals surface area contributed by atoms with E-state index in [2.05, 4.69) is 11.1 Å². The van der Waals surface area contributed by atoms with Gasteiger partial charge in [0.25, 0.3) is 0 Å². The molecule has 0 saturated heterocycles. The Morgan fingerprint density at radius 3 is 2.48 bits per heavy atom. The molecular formula is C18H19F2N3. The van der Waals surface area contributed by atoms with Gasteiger partial charge in [0, 0.05) is 12.1 Å². The number of aromatic nitrogens is 2. The van der Waals surface area contributed by atoms with Gasteiger partial charge in [-0.05, 0) is 68.3 Å². The molecule has 3 aromatic rings. The van der Waals surface area contributed by atoms with E-state index in [0.29, 0.717) is 24.5 Å². The minimum Gasteiger partial charge on any atom is -0.330 e. The zero-order chi connectivity index (χ0) is 16.6.